The Morgan fingerprint density at radius 2 is 2.00 bits per heavy atom. The Morgan fingerprint density at radius 1 is 1.35 bits per heavy atom. The van der Waals surface area contributed by atoms with Crippen LogP contribution in [0.5, 0.6) is 0 Å². The van der Waals surface area contributed by atoms with Gasteiger partial charge in [-0.1, -0.05) is 26.8 Å². The Hall–Kier alpha value is -1.36. The molecule has 0 aliphatic rings. The summed E-state index contributed by atoms with van der Waals surface area (Å²) in [5, 5.41) is 0. The highest BCUT2D eigenvalue weighted by atomic mass is 79.9. The summed E-state index contributed by atoms with van der Waals surface area (Å²) >= 11 is 3.15. The Bertz CT molecular complexity index is 641. The molecule has 0 atom stereocenters. The first-order valence-corrected chi connectivity index (χ1v) is 7.37. The fourth-order valence-electron chi connectivity index (χ4n) is 2.21. The summed E-state index contributed by atoms with van der Waals surface area (Å²) in [5.41, 5.74) is 7.42. The zero-order chi connectivity index (χ0) is 15.1. The van der Waals surface area contributed by atoms with Gasteiger partial charge in [0, 0.05) is 17.5 Å². The zero-order valence-corrected chi connectivity index (χ0v) is 13.8. The van der Waals surface area contributed by atoms with Crippen molar-refractivity contribution in [3.63, 3.8) is 0 Å². The lowest BCUT2D eigenvalue weighted by atomic mass is 9.95. The third-order valence-corrected chi connectivity index (χ3v) is 3.83. The highest BCUT2D eigenvalue weighted by Crippen LogP contribution is 2.33. The van der Waals surface area contributed by atoms with Crippen molar-refractivity contribution in [2.75, 3.05) is 5.73 Å². The number of halogens is 2. The van der Waals surface area contributed by atoms with Crippen LogP contribution in [-0.4, -0.2) is 9.55 Å². The molecule has 1 aromatic carbocycles. The molecule has 0 radical (unpaired) electrons. The zero-order valence-electron chi connectivity index (χ0n) is 12.2. The van der Waals surface area contributed by atoms with E-state index in [1.165, 1.54) is 6.07 Å². The minimum Gasteiger partial charge on any atom is -0.383 e. The van der Waals surface area contributed by atoms with Gasteiger partial charge in [0.05, 0.1) is 4.47 Å². The minimum absolute atomic E-state index is 0.115. The van der Waals surface area contributed by atoms with Crippen molar-refractivity contribution < 1.29 is 4.39 Å². The summed E-state index contributed by atoms with van der Waals surface area (Å²) in [4.78, 5) is 4.65. The van der Waals surface area contributed by atoms with Crippen LogP contribution in [0.25, 0.3) is 11.3 Å². The van der Waals surface area contributed by atoms with Gasteiger partial charge in [0.15, 0.2) is 0 Å². The second kappa shape index (κ2) is 5.20. The molecule has 0 aliphatic carbocycles. The second-order valence-electron chi connectivity index (χ2n) is 5.79. The normalized spacial score (nSPS) is 11.9. The molecule has 5 heteroatoms. The van der Waals surface area contributed by atoms with E-state index in [0.29, 0.717) is 21.5 Å². The highest BCUT2D eigenvalue weighted by molar-refractivity contribution is 9.10. The third kappa shape index (κ3) is 2.59. The first kappa shape index (κ1) is 15.0. The minimum atomic E-state index is -0.315. The van der Waals surface area contributed by atoms with E-state index >= 15 is 0 Å². The van der Waals surface area contributed by atoms with Crippen LogP contribution < -0.4 is 5.73 Å². The van der Waals surface area contributed by atoms with Crippen LogP contribution in [-0.2, 0) is 12.0 Å². The van der Waals surface area contributed by atoms with Crippen LogP contribution in [0.2, 0.25) is 0 Å². The van der Waals surface area contributed by atoms with Crippen LogP contribution in [0.15, 0.2) is 22.7 Å². The van der Waals surface area contributed by atoms with Crippen molar-refractivity contribution in [2.45, 2.75) is 39.7 Å². The van der Waals surface area contributed by atoms with Gasteiger partial charge in [-0.05, 0) is 35.0 Å². The fraction of sp³-hybridized carbons (Fsp3) is 0.400. The number of nitrogens with zero attached hydrogens (tertiary/aromatic N) is 2. The van der Waals surface area contributed by atoms with E-state index in [2.05, 4.69) is 41.7 Å². The lowest BCUT2D eigenvalue weighted by Crippen LogP contribution is -2.19. The summed E-state index contributed by atoms with van der Waals surface area (Å²) in [6, 6.07) is 4.94. The Balaban J connectivity index is 2.63. The van der Waals surface area contributed by atoms with Crippen LogP contribution in [0, 0.1) is 5.82 Å². The summed E-state index contributed by atoms with van der Waals surface area (Å²) in [7, 11) is 0. The molecule has 0 spiro atoms. The number of anilines is 1. The molecule has 0 bridgehead atoms. The Labute approximate surface area is 127 Å². The maximum atomic E-state index is 13.7. The van der Waals surface area contributed by atoms with E-state index in [9.17, 15) is 4.39 Å². The van der Waals surface area contributed by atoms with Crippen molar-refractivity contribution in [1.29, 1.82) is 0 Å². The van der Waals surface area contributed by atoms with Crippen LogP contribution in [0.3, 0.4) is 0 Å². The van der Waals surface area contributed by atoms with E-state index in [4.69, 9.17) is 5.73 Å². The average Bonchev–Trinajstić information content (AvgIpc) is 2.69. The molecule has 20 heavy (non-hydrogen) atoms. The maximum Gasteiger partial charge on any atom is 0.138 e. The molecule has 0 unspecified atom stereocenters. The SMILES string of the molecule is CCn1c(C(C)(C)C)nc(-c2ccc(Br)c(F)c2)c1N. The van der Waals surface area contributed by atoms with Crippen molar-refractivity contribution >= 4 is 21.7 Å². The molecule has 0 amide bonds. The van der Waals surface area contributed by atoms with Gasteiger partial charge in [-0.25, -0.2) is 9.37 Å². The topological polar surface area (TPSA) is 43.8 Å². The fourth-order valence-corrected chi connectivity index (χ4v) is 2.46. The molecule has 2 aromatic rings. The lowest BCUT2D eigenvalue weighted by Gasteiger charge is -2.19. The highest BCUT2D eigenvalue weighted by Gasteiger charge is 2.25. The molecule has 0 saturated carbocycles. The van der Waals surface area contributed by atoms with Crippen molar-refractivity contribution in [3.8, 4) is 11.3 Å². The van der Waals surface area contributed by atoms with Crippen molar-refractivity contribution in [2.24, 2.45) is 0 Å². The first-order chi connectivity index (χ1) is 9.25. The molecule has 108 valence electrons. The Kier molecular flexibility index (Phi) is 3.91. The molecule has 1 heterocycles. The molecule has 0 fully saturated rings. The summed E-state index contributed by atoms with van der Waals surface area (Å²) in [5.74, 6) is 1.18. The second-order valence-corrected chi connectivity index (χ2v) is 6.65. The quantitative estimate of drug-likeness (QED) is 0.883. The number of hydrogen-bond acceptors (Lipinski definition) is 2. The van der Waals surface area contributed by atoms with E-state index in [1.807, 2.05) is 17.6 Å². The smallest absolute Gasteiger partial charge is 0.138 e. The predicted octanol–water partition coefficient (Wildman–Crippen LogP) is 4.35. The predicted molar refractivity (Wildman–Crippen MR) is 84.1 cm³/mol. The molecule has 1 aromatic heterocycles. The number of nitrogens with two attached hydrogens (primary N) is 1. The van der Waals surface area contributed by atoms with E-state index in [0.717, 1.165) is 12.4 Å². The molecule has 0 saturated heterocycles. The number of rotatable bonds is 2. The standard InChI is InChI=1S/C15H19BrFN3/c1-5-20-13(18)12(19-14(20)15(2,3)4)9-6-7-10(16)11(17)8-9/h6-8H,5,18H2,1-4H3. The maximum absolute atomic E-state index is 13.7. The molecule has 0 aliphatic heterocycles. The third-order valence-electron chi connectivity index (χ3n) is 3.19. The number of nitrogen functional groups attached to an aromatic ring is 1. The largest absolute Gasteiger partial charge is 0.383 e. The van der Waals surface area contributed by atoms with Crippen molar-refractivity contribution in [1.82, 2.24) is 9.55 Å². The molecule has 2 rings (SSSR count). The van der Waals surface area contributed by atoms with Crippen molar-refractivity contribution in [3.05, 3.63) is 34.3 Å². The summed E-state index contributed by atoms with van der Waals surface area (Å²) in [6.07, 6.45) is 0. The van der Waals surface area contributed by atoms with Gasteiger partial charge in [-0.2, -0.15) is 0 Å². The monoisotopic (exact) mass is 339 g/mol. The summed E-state index contributed by atoms with van der Waals surface area (Å²) < 4.78 is 16.1. The lowest BCUT2D eigenvalue weighted by molar-refractivity contribution is 0.508. The number of aromatic nitrogens is 2. The number of imidazole rings is 1. The van der Waals surface area contributed by atoms with Gasteiger partial charge in [-0.15, -0.1) is 0 Å². The molecule has 3 nitrogen and oxygen atoms in total. The van der Waals surface area contributed by atoms with Crippen LogP contribution in [0.1, 0.15) is 33.5 Å². The van der Waals surface area contributed by atoms with Crippen LogP contribution in [0.4, 0.5) is 10.2 Å². The van der Waals surface area contributed by atoms with Gasteiger partial charge in [-0.3, -0.25) is 0 Å². The van der Waals surface area contributed by atoms with E-state index < -0.39 is 0 Å². The van der Waals surface area contributed by atoms with Gasteiger partial charge in [0.25, 0.3) is 0 Å². The van der Waals surface area contributed by atoms with E-state index in [-0.39, 0.29) is 11.2 Å². The molecular formula is C15H19BrFN3. The van der Waals surface area contributed by atoms with Gasteiger partial charge < -0.3 is 10.3 Å². The number of benzene rings is 1. The first-order valence-electron chi connectivity index (χ1n) is 6.57. The number of hydrogen-bond donors (Lipinski definition) is 1. The van der Waals surface area contributed by atoms with Gasteiger partial charge >= 0.3 is 0 Å². The van der Waals surface area contributed by atoms with Crippen LogP contribution >= 0.6 is 15.9 Å². The average molecular weight is 340 g/mol. The summed E-state index contributed by atoms with van der Waals surface area (Å²) in [6.45, 7) is 9.04. The van der Waals surface area contributed by atoms with Gasteiger partial charge in [0.2, 0.25) is 0 Å². The van der Waals surface area contributed by atoms with Gasteiger partial charge in [0.1, 0.15) is 23.2 Å². The Morgan fingerprint density at radius 3 is 2.45 bits per heavy atom. The van der Waals surface area contributed by atoms with E-state index in [1.54, 1.807) is 6.07 Å². The molecule has 2 N–H and O–H groups in total. The molecular weight excluding hydrogens is 321 g/mol.